The summed E-state index contributed by atoms with van der Waals surface area (Å²) in [6.45, 7) is 4.23. The van der Waals surface area contributed by atoms with Gasteiger partial charge in [0.05, 0.1) is 0 Å². The molecule has 0 spiro atoms. The van der Waals surface area contributed by atoms with Gasteiger partial charge >= 0.3 is 21.7 Å². The molecule has 0 aliphatic rings. The predicted octanol–water partition coefficient (Wildman–Crippen LogP) is -2.45. The number of hydrogen-bond donors (Lipinski definition) is 0. The van der Waals surface area contributed by atoms with E-state index in [1.54, 1.807) is 0 Å². The average molecular weight is 295 g/mol. The minimum Gasteiger partial charge on any atom is -1.00 e. The van der Waals surface area contributed by atoms with E-state index in [-0.39, 0.29) is 46.5 Å². The van der Waals surface area contributed by atoms with Gasteiger partial charge in [-0.3, -0.25) is 8.19 Å². The summed E-state index contributed by atoms with van der Waals surface area (Å²) in [4.78, 5) is 0. The smallest absolute Gasteiger partial charge is 1.00 e. The van der Waals surface area contributed by atoms with E-state index in [1.807, 2.05) is 30.3 Å². The zero-order valence-corrected chi connectivity index (χ0v) is 12.8. The number of halogens is 2. The average Bonchev–Trinajstić information content (AvgIpc) is 2.67. The summed E-state index contributed by atoms with van der Waals surface area (Å²) in [5.41, 5.74) is 2.73. The van der Waals surface area contributed by atoms with Crippen molar-refractivity contribution in [1.82, 2.24) is 0 Å². The van der Waals surface area contributed by atoms with Crippen molar-refractivity contribution in [1.29, 1.82) is 0 Å². The first kappa shape index (κ1) is 20.8. The van der Waals surface area contributed by atoms with Gasteiger partial charge in [-0.1, -0.05) is 13.8 Å². The summed E-state index contributed by atoms with van der Waals surface area (Å²) < 4.78 is 0. The molecule has 1 heterocycles. The first-order chi connectivity index (χ1) is 5.80. The molecule has 1 unspecified atom stereocenters. The van der Waals surface area contributed by atoms with Gasteiger partial charge in [0.2, 0.25) is 0 Å². The van der Waals surface area contributed by atoms with Gasteiger partial charge in [0.25, 0.3) is 0 Å². The first-order valence-electron chi connectivity index (χ1n) is 3.99. The van der Waals surface area contributed by atoms with Crippen LogP contribution in [0.3, 0.4) is 0 Å². The zero-order valence-electron chi connectivity index (χ0n) is 8.72. The number of rotatable bonds is 0. The first-order valence-corrected chi connectivity index (χ1v) is 5.07. The monoisotopic (exact) mass is 294 g/mol. The Bertz CT molecular complexity index is 270. The van der Waals surface area contributed by atoms with Crippen LogP contribution in [0.5, 0.6) is 0 Å². The minimum atomic E-state index is 0. The van der Waals surface area contributed by atoms with Crippen LogP contribution in [-0.4, -0.2) is 0 Å². The second kappa shape index (κ2) is 12.5. The van der Waals surface area contributed by atoms with Crippen molar-refractivity contribution in [2.75, 3.05) is 0 Å². The fourth-order valence-electron chi connectivity index (χ4n) is 0.780. The van der Waals surface area contributed by atoms with Gasteiger partial charge in [0, 0.05) is 0 Å². The fourth-order valence-corrected chi connectivity index (χ4v) is 1.70. The predicted molar refractivity (Wildman–Crippen MR) is 56.3 cm³/mol. The van der Waals surface area contributed by atoms with Gasteiger partial charge in [-0.25, -0.2) is 12.1 Å². The van der Waals surface area contributed by atoms with E-state index >= 15 is 0 Å². The molecule has 4 heteroatoms. The van der Waals surface area contributed by atoms with Crippen molar-refractivity contribution in [3.63, 3.8) is 0 Å². The van der Waals surface area contributed by atoms with Crippen molar-refractivity contribution in [2.24, 2.45) is 0 Å². The van der Waals surface area contributed by atoms with E-state index in [1.165, 1.54) is 11.1 Å². The number of hydrogen-bond acceptors (Lipinski definition) is 0. The molecule has 0 fully saturated rings. The van der Waals surface area contributed by atoms with Gasteiger partial charge in [-0.05, 0) is 0 Å². The molecular weight excluding hydrogens is 282 g/mol. The normalized spacial score (nSPS) is 7.60. The summed E-state index contributed by atoms with van der Waals surface area (Å²) in [7, 11) is 0.820. The van der Waals surface area contributed by atoms with Crippen molar-refractivity contribution in [3.05, 3.63) is 53.1 Å². The SMILES string of the molecule is Cc1[c-][pH]cc1C.[Cl-].[Cl-].[Ti+4].c1cc[cH-]c1. The molecule has 1 aromatic heterocycles. The van der Waals surface area contributed by atoms with E-state index in [0.717, 1.165) is 8.19 Å². The van der Waals surface area contributed by atoms with E-state index in [0.29, 0.717) is 0 Å². The molecule has 0 saturated heterocycles. The molecule has 0 amide bonds. The van der Waals surface area contributed by atoms with Crippen LogP contribution >= 0.6 is 8.19 Å². The van der Waals surface area contributed by atoms with Gasteiger partial charge in [0.15, 0.2) is 0 Å². The Morgan fingerprint density at radius 1 is 1.13 bits per heavy atom. The van der Waals surface area contributed by atoms with Crippen molar-refractivity contribution >= 4 is 8.19 Å². The number of aryl methyl sites for hydroxylation is 2. The van der Waals surface area contributed by atoms with Crippen LogP contribution in [0.1, 0.15) is 11.1 Å². The molecule has 0 bridgehead atoms. The molecule has 15 heavy (non-hydrogen) atoms. The standard InChI is InChI=1S/C6H8P.C5H5.2ClH.Ti/c1-5-3-7-4-6(5)2;1-2-4-5-3-1;;;/h3,7H,1-2H3;1-5H;2*1H;/q2*-1;;;+4/p-2. The maximum Gasteiger partial charge on any atom is 4.00 e. The summed E-state index contributed by atoms with van der Waals surface area (Å²) in [5.74, 6) is 5.44. The summed E-state index contributed by atoms with van der Waals surface area (Å²) >= 11 is 0. The van der Waals surface area contributed by atoms with E-state index < -0.39 is 0 Å². The second-order valence-corrected chi connectivity index (χ2v) is 3.51. The van der Waals surface area contributed by atoms with Crippen molar-refractivity contribution in [2.45, 2.75) is 13.8 Å². The van der Waals surface area contributed by atoms with Crippen molar-refractivity contribution in [3.8, 4) is 0 Å². The third-order valence-electron chi connectivity index (χ3n) is 1.70. The Morgan fingerprint density at radius 2 is 1.67 bits per heavy atom. The van der Waals surface area contributed by atoms with Crippen LogP contribution < -0.4 is 24.8 Å². The van der Waals surface area contributed by atoms with Gasteiger partial charge in [0.1, 0.15) is 0 Å². The summed E-state index contributed by atoms with van der Waals surface area (Å²) in [5, 5.41) is 0. The van der Waals surface area contributed by atoms with E-state index in [4.69, 9.17) is 0 Å². The third-order valence-corrected chi connectivity index (χ3v) is 2.79. The molecule has 0 N–H and O–H groups in total. The summed E-state index contributed by atoms with van der Waals surface area (Å²) in [6.07, 6.45) is 0. The molecule has 0 nitrogen and oxygen atoms in total. The minimum absolute atomic E-state index is 0. The Kier molecular flexibility index (Phi) is 17.3. The molecule has 0 radical (unpaired) electrons. The molecule has 0 aliphatic carbocycles. The molecule has 1 atom stereocenters. The van der Waals surface area contributed by atoms with Gasteiger partial charge in [-0.15, -0.1) is 0 Å². The van der Waals surface area contributed by atoms with Gasteiger partial charge < -0.3 is 24.8 Å². The Labute approximate surface area is 121 Å². The van der Waals surface area contributed by atoms with Crippen LogP contribution in [-0.2, 0) is 21.7 Å². The van der Waals surface area contributed by atoms with Crippen molar-refractivity contribution < 1.29 is 46.5 Å². The molecule has 1 aromatic carbocycles. The maximum atomic E-state index is 3.22. The van der Waals surface area contributed by atoms with Crippen LogP contribution in [0, 0.1) is 19.6 Å². The molecule has 0 aliphatic heterocycles. The van der Waals surface area contributed by atoms with Crippen LogP contribution in [0.4, 0.5) is 0 Å². The molecule has 80 valence electrons. The topological polar surface area (TPSA) is 0 Å². The van der Waals surface area contributed by atoms with Crippen LogP contribution in [0.25, 0.3) is 0 Å². The molecule has 2 aromatic rings. The summed E-state index contributed by atoms with van der Waals surface area (Å²) in [6, 6.07) is 10.0. The second-order valence-electron chi connectivity index (χ2n) is 2.68. The van der Waals surface area contributed by atoms with E-state index in [2.05, 4.69) is 25.4 Å². The fraction of sp³-hybridized carbons (Fsp3) is 0.182. The Hall–Kier alpha value is 0.424. The molecule has 0 saturated carbocycles. The van der Waals surface area contributed by atoms with E-state index in [9.17, 15) is 0 Å². The van der Waals surface area contributed by atoms with Crippen LogP contribution in [0.15, 0.2) is 36.1 Å². The quantitative estimate of drug-likeness (QED) is 0.374. The zero-order chi connectivity index (χ0) is 8.81. The Morgan fingerprint density at radius 3 is 1.80 bits per heavy atom. The largest absolute Gasteiger partial charge is 4.00 e. The third kappa shape index (κ3) is 9.36. The molecular formula is C11H13Cl2PTi. The van der Waals surface area contributed by atoms with Gasteiger partial charge in [-0.2, -0.15) is 40.9 Å². The maximum absolute atomic E-state index is 3.22. The Balaban J connectivity index is -0.000000165. The molecule has 2 rings (SSSR count). The van der Waals surface area contributed by atoms with Crippen LogP contribution in [0.2, 0.25) is 0 Å².